The number of carbonyl (C=O) groups excluding carboxylic acids is 1. The molecule has 106 valence electrons. The van der Waals surface area contributed by atoms with E-state index in [-0.39, 0.29) is 5.91 Å². The van der Waals surface area contributed by atoms with Crippen molar-refractivity contribution >= 4 is 5.91 Å². The van der Waals surface area contributed by atoms with Crippen molar-refractivity contribution in [1.82, 2.24) is 9.88 Å². The van der Waals surface area contributed by atoms with Crippen molar-refractivity contribution in [2.45, 2.75) is 12.8 Å². The van der Waals surface area contributed by atoms with Gasteiger partial charge in [-0.05, 0) is 24.3 Å². The van der Waals surface area contributed by atoms with E-state index in [0.29, 0.717) is 24.5 Å². The van der Waals surface area contributed by atoms with E-state index in [1.165, 1.54) is 0 Å². The van der Waals surface area contributed by atoms with Gasteiger partial charge in [-0.1, -0.05) is 0 Å². The van der Waals surface area contributed by atoms with E-state index in [1.54, 1.807) is 32.3 Å². The number of hydrogen-bond donors (Lipinski definition) is 0. The number of amides is 1. The van der Waals surface area contributed by atoms with Crippen LogP contribution >= 0.6 is 0 Å². The number of carbonyl (C=O) groups is 1. The van der Waals surface area contributed by atoms with Gasteiger partial charge in [-0.2, -0.15) is 0 Å². The van der Waals surface area contributed by atoms with Gasteiger partial charge in [-0.3, -0.25) is 4.79 Å². The van der Waals surface area contributed by atoms with Gasteiger partial charge >= 0.3 is 0 Å². The highest BCUT2D eigenvalue weighted by Crippen LogP contribution is 2.23. The summed E-state index contributed by atoms with van der Waals surface area (Å²) in [6.45, 7) is 0. The molecule has 0 N–H and O–H groups in total. The summed E-state index contributed by atoms with van der Waals surface area (Å²) in [6, 6.07) is 7.56. The number of methoxy groups -OCH3 is 1. The summed E-state index contributed by atoms with van der Waals surface area (Å²) in [5.74, 6) is 2.13. The molecule has 0 unspecified atom stereocenters. The maximum absolute atomic E-state index is 11.5. The standard InChI is InChI=1S/C15H18N2O3/c1-17(2)15(18)9-8-14-16-10-13(20-14)11-4-6-12(19-3)7-5-11/h4-7,10H,8-9H2,1-3H3. The van der Waals surface area contributed by atoms with Gasteiger partial charge in [0.25, 0.3) is 0 Å². The second-order valence-corrected chi connectivity index (χ2v) is 4.63. The first kappa shape index (κ1) is 14.1. The topological polar surface area (TPSA) is 55.6 Å². The maximum atomic E-state index is 11.5. The minimum Gasteiger partial charge on any atom is -0.497 e. The number of nitrogens with zero attached hydrogens (tertiary/aromatic N) is 2. The molecule has 0 aliphatic carbocycles. The fraction of sp³-hybridized carbons (Fsp3) is 0.333. The first-order valence-electron chi connectivity index (χ1n) is 6.39. The van der Waals surface area contributed by atoms with Gasteiger partial charge in [0.15, 0.2) is 11.7 Å². The molecule has 0 saturated heterocycles. The maximum Gasteiger partial charge on any atom is 0.222 e. The Labute approximate surface area is 118 Å². The molecule has 0 fully saturated rings. The van der Waals surface area contributed by atoms with Crippen LogP contribution in [0, 0.1) is 0 Å². The minimum atomic E-state index is 0.0641. The number of ether oxygens (including phenoxy) is 1. The van der Waals surface area contributed by atoms with Crippen LogP contribution in [0.5, 0.6) is 5.75 Å². The highest BCUT2D eigenvalue weighted by molar-refractivity contribution is 5.75. The van der Waals surface area contributed by atoms with E-state index in [9.17, 15) is 4.79 Å². The number of oxazole rings is 1. The Morgan fingerprint density at radius 1 is 1.30 bits per heavy atom. The molecule has 2 aromatic rings. The zero-order valence-corrected chi connectivity index (χ0v) is 11.9. The lowest BCUT2D eigenvalue weighted by molar-refractivity contribution is -0.128. The third-order valence-corrected chi connectivity index (χ3v) is 2.98. The van der Waals surface area contributed by atoms with E-state index in [1.807, 2.05) is 24.3 Å². The van der Waals surface area contributed by atoms with E-state index >= 15 is 0 Å². The molecular formula is C15H18N2O3. The van der Waals surface area contributed by atoms with Gasteiger partial charge < -0.3 is 14.1 Å². The molecule has 1 heterocycles. The van der Waals surface area contributed by atoms with Crippen LogP contribution in [0.15, 0.2) is 34.9 Å². The SMILES string of the molecule is COc1ccc(-c2cnc(CCC(=O)N(C)C)o2)cc1. The van der Waals surface area contributed by atoms with Gasteiger partial charge in [-0.15, -0.1) is 0 Å². The Morgan fingerprint density at radius 2 is 2.00 bits per heavy atom. The molecule has 0 atom stereocenters. The average molecular weight is 274 g/mol. The van der Waals surface area contributed by atoms with Crippen molar-refractivity contribution in [3.63, 3.8) is 0 Å². The molecule has 0 aliphatic rings. The van der Waals surface area contributed by atoms with Crippen LogP contribution in [0.25, 0.3) is 11.3 Å². The average Bonchev–Trinajstić information content (AvgIpc) is 2.93. The van der Waals surface area contributed by atoms with Crippen molar-refractivity contribution < 1.29 is 13.9 Å². The van der Waals surface area contributed by atoms with Crippen LogP contribution in [0.3, 0.4) is 0 Å². The fourth-order valence-electron chi connectivity index (χ4n) is 1.75. The zero-order valence-electron chi connectivity index (χ0n) is 11.9. The lowest BCUT2D eigenvalue weighted by atomic mass is 10.2. The normalized spacial score (nSPS) is 10.3. The summed E-state index contributed by atoms with van der Waals surface area (Å²) in [5, 5.41) is 0. The van der Waals surface area contributed by atoms with Crippen LogP contribution in [0.4, 0.5) is 0 Å². The van der Waals surface area contributed by atoms with Gasteiger partial charge in [-0.25, -0.2) is 4.98 Å². The molecule has 20 heavy (non-hydrogen) atoms. The molecule has 5 heteroatoms. The van der Waals surface area contributed by atoms with E-state index in [2.05, 4.69) is 4.98 Å². The van der Waals surface area contributed by atoms with Crippen molar-refractivity contribution in [3.8, 4) is 17.1 Å². The molecule has 0 radical (unpaired) electrons. The predicted molar refractivity (Wildman–Crippen MR) is 75.5 cm³/mol. The van der Waals surface area contributed by atoms with Crippen LogP contribution in [-0.4, -0.2) is 37.0 Å². The van der Waals surface area contributed by atoms with E-state index in [0.717, 1.165) is 11.3 Å². The largest absolute Gasteiger partial charge is 0.497 e. The zero-order chi connectivity index (χ0) is 14.5. The van der Waals surface area contributed by atoms with Crippen LogP contribution in [0.1, 0.15) is 12.3 Å². The smallest absolute Gasteiger partial charge is 0.222 e. The number of benzene rings is 1. The second-order valence-electron chi connectivity index (χ2n) is 4.63. The first-order valence-corrected chi connectivity index (χ1v) is 6.39. The van der Waals surface area contributed by atoms with Gasteiger partial charge in [0, 0.05) is 32.5 Å². The Kier molecular flexibility index (Phi) is 4.40. The van der Waals surface area contributed by atoms with Crippen molar-refractivity contribution in [2.75, 3.05) is 21.2 Å². The molecule has 1 amide bonds. The Hall–Kier alpha value is -2.30. The van der Waals surface area contributed by atoms with Gasteiger partial charge in [0.1, 0.15) is 5.75 Å². The summed E-state index contributed by atoms with van der Waals surface area (Å²) in [7, 11) is 5.10. The summed E-state index contributed by atoms with van der Waals surface area (Å²) in [4.78, 5) is 17.3. The molecule has 0 spiro atoms. The number of hydrogen-bond acceptors (Lipinski definition) is 4. The molecule has 2 rings (SSSR count). The minimum absolute atomic E-state index is 0.0641. The lowest BCUT2D eigenvalue weighted by Gasteiger charge is -2.08. The molecule has 0 aliphatic heterocycles. The monoisotopic (exact) mass is 274 g/mol. The quantitative estimate of drug-likeness (QED) is 0.840. The molecule has 0 saturated carbocycles. The summed E-state index contributed by atoms with van der Waals surface area (Å²) >= 11 is 0. The third-order valence-electron chi connectivity index (χ3n) is 2.98. The van der Waals surface area contributed by atoms with Crippen molar-refractivity contribution in [3.05, 3.63) is 36.4 Å². The molecule has 0 bridgehead atoms. The second kappa shape index (κ2) is 6.23. The van der Waals surface area contributed by atoms with Crippen LogP contribution < -0.4 is 4.74 Å². The van der Waals surface area contributed by atoms with Crippen LogP contribution in [-0.2, 0) is 11.2 Å². The molecule has 1 aromatic heterocycles. The Bertz CT molecular complexity index is 573. The Balaban J connectivity index is 2.02. The van der Waals surface area contributed by atoms with Gasteiger partial charge in [0.2, 0.25) is 5.91 Å². The molecule has 5 nitrogen and oxygen atoms in total. The molecular weight excluding hydrogens is 256 g/mol. The highest BCUT2D eigenvalue weighted by atomic mass is 16.5. The van der Waals surface area contributed by atoms with Crippen molar-refractivity contribution in [2.24, 2.45) is 0 Å². The highest BCUT2D eigenvalue weighted by Gasteiger charge is 2.10. The van der Waals surface area contributed by atoms with E-state index < -0.39 is 0 Å². The lowest BCUT2D eigenvalue weighted by Crippen LogP contribution is -2.21. The summed E-state index contributed by atoms with van der Waals surface area (Å²) in [5.41, 5.74) is 0.934. The summed E-state index contributed by atoms with van der Waals surface area (Å²) < 4.78 is 10.8. The first-order chi connectivity index (χ1) is 9.60. The summed E-state index contributed by atoms with van der Waals surface area (Å²) in [6.07, 6.45) is 2.58. The number of aromatic nitrogens is 1. The third kappa shape index (κ3) is 3.38. The van der Waals surface area contributed by atoms with Gasteiger partial charge in [0.05, 0.1) is 13.3 Å². The number of rotatable bonds is 5. The number of aryl methyl sites for hydroxylation is 1. The molecule has 1 aromatic carbocycles. The van der Waals surface area contributed by atoms with E-state index in [4.69, 9.17) is 9.15 Å². The van der Waals surface area contributed by atoms with Crippen LogP contribution in [0.2, 0.25) is 0 Å². The van der Waals surface area contributed by atoms with Crippen molar-refractivity contribution in [1.29, 1.82) is 0 Å². The Morgan fingerprint density at radius 3 is 2.60 bits per heavy atom. The fourth-order valence-corrected chi connectivity index (χ4v) is 1.75. The predicted octanol–water partition coefficient (Wildman–Crippen LogP) is 2.37.